The Labute approximate surface area is 171 Å². The SMILES string of the molecule is COCC#Cc1c(Cn2c(=O)n(C3CC3)c3ccncc32)nc2cc(Cl)ccn12. The second-order valence-corrected chi connectivity index (χ2v) is 7.49. The monoisotopic (exact) mass is 407 g/mol. The minimum atomic E-state index is -0.0404. The summed E-state index contributed by atoms with van der Waals surface area (Å²) in [5.74, 6) is 6.12. The number of nitrogens with zero attached hydrogens (tertiary/aromatic N) is 5. The summed E-state index contributed by atoms with van der Waals surface area (Å²) in [5.41, 5.74) is 3.78. The first-order chi connectivity index (χ1) is 14.2. The molecule has 0 amide bonds. The predicted molar refractivity (Wildman–Crippen MR) is 110 cm³/mol. The maximum atomic E-state index is 13.2. The summed E-state index contributed by atoms with van der Waals surface area (Å²) in [6.45, 7) is 0.613. The third-order valence-electron chi connectivity index (χ3n) is 5.07. The van der Waals surface area contributed by atoms with Gasteiger partial charge < -0.3 is 4.74 Å². The van der Waals surface area contributed by atoms with Crippen molar-refractivity contribution in [2.24, 2.45) is 0 Å². The molecule has 0 aliphatic heterocycles. The van der Waals surface area contributed by atoms with Crippen molar-refractivity contribution in [3.63, 3.8) is 0 Å². The first-order valence-electron chi connectivity index (χ1n) is 9.36. The summed E-state index contributed by atoms with van der Waals surface area (Å²) >= 11 is 6.14. The van der Waals surface area contributed by atoms with Gasteiger partial charge in [-0.25, -0.2) is 9.78 Å². The number of halogens is 1. The summed E-state index contributed by atoms with van der Waals surface area (Å²) in [5, 5.41) is 0.595. The van der Waals surface area contributed by atoms with Crippen LogP contribution in [0.4, 0.5) is 0 Å². The number of ether oxygens (including phenoxy) is 1. The maximum absolute atomic E-state index is 13.2. The predicted octanol–water partition coefficient (Wildman–Crippen LogP) is 2.88. The Morgan fingerprint density at radius 1 is 1.31 bits per heavy atom. The van der Waals surface area contributed by atoms with Crippen LogP contribution in [0.3, 0.4) is 0 Å². The highest BCUT2D eigenvalue weighted by Gasteiger charge is 2.29. The van der Waals surface area contributed by atoms with E-state index in [4.69, 9.17) is 21.3 Å². The van der Waals surface area contributed by atoms with Crippen LogP contribution in [0.15, 0.2) is 41.6 Å². The molecule has 4 aromatic rings. The quantitative estimate of drug-likeness (QED) is 0.488. The van der Waals surface area contributed by atoms with Crippen LogP contribution < -0.4 is 5.69 Å². The largest absolute Gasteiger partial charge is 0.372 e. The van der Waals surface area contributed by atoms with Gasteiger partial charge in [-0.2, -0.15) is 0 Å². The Hall–Kier alpha value is -3.08. The summed E-state index contributed by atoms with van der Waals surface area (Å²) < 4.78 is 10.5. The normalized spacial score (nSPS) is 13.7. The highest BCUT2D eigenvalue weighted by atomic mass is 35.5. The van der Waals surface area contributed by atoms with Gasteiger partial charge in [0.1, 0.15) is 17.9 Å². The number of methoxy groups -OCH3 is 1. The summed E-state index contributed by atoms with van der Waals surface area (Å²) in [7, 11) is 1.60. The van der Waals surface area contributed by atoms with Gasteiger partial charge in [-0.3, -0.25) is 18.5 Å². The third-order valence-corrected chi connectivity index (χ3v) is 5.30. The lowest BCUT2D eigenvalue weighted by Gasteiger charge is -2.02. The maximum Gasteiger partial charge on any atom is 0.329 e. The van der Waals surface area contributed by atoms with Crippen LogP contribution in [-0.2, 0) is 11.3 Å². The van der Waals surface area contributed by atoms with E-state index < -0.39 is 0 Å². The Balaban J connectivity index is 1.68. The molecule has 1 aliphatic rings. The molecule has 1 fully saturated rings. The average Bonchev–Trinajstić information content (AvgIpc) is 3.44. The van der Waals surface area contributed by atoms with E-state index in [-0.39, 0.29) is 11.7 Å². The van der Waals surface area contributed by atoms with Gasteiger partial charge in [0.25, 0.3) is 0 Å². The van der Waals surface area contributed by atoms with Crippen molar-refractivity contribution in [2.75, 3.05) is 13.7 Å². The average molecular weight is 408 g/mol. The number of rotatable bonds is 4. The third kappa shape index (κ3) is 3.11. The fourth-order valence-electron chi connectivity index (χ4n) is 3.62. The molecule has 4 aromatic heterocycles. The van der Waals surface area contributed by atoms with E-state index >= 15 is 0 Å². The van der Waals surface area contributed by atoms with Gasteiger partial charge in [0, 0.05) is 36.6 Å². The molecule has 0 atom stereocenters. The van der Waals surface area contributed by atoms with Crippen LogP contribution in [0.1, 0.15) is 30.3 Å². The Morgan fingerprint density at radius 2 is 2.17 bits per heavy atom. The molecule has 0 aromatic carbocycles. The van der Waals surface area contributed by atoms with Gasteiger partial charge in [0.2, 0.25) is 0 Å². The molecule has 0 bridgehead atoms. The summed E-state index contributed by atoms with van der Waals surface area (Å²) in [6, 6.07) is 5.74. The Bertz CT molecular complexity index is 1350. The molecule has 0 saturated heterocycles. The number of fused-ring (bicyclic) bond motifs is 2. The fraction of sp³-hybridized carbons (Fsp3) is 0.286. The minimum Gasteiger partial charge on any atom is -0.372 e. The highest BCUT2D eigenvalue weighted by Crippen LogP contribution is 2.36. The van der Waals surface area contributed by atoms with E-state index in [1.54, 1.807) is 36.2 Å². The van der Waals surface area contributed by atoms with Crippen molar-refractivity contribution in [3.8, 4) is 11.8 Å². The second kappa shape index (κ2) is 7.07. The molecular weight excluding hydrogens is 390 g/mol. The van der Waals surface area contributed by atoms with Crippen molar-refractivity contribution in [1.29, 1.82) is 0 Å². The minimum absolute atomic E-state index is 0.0404. The van der Waals surface area contributed by atoms with Gasteiger partial charge in [-0.15, -0.1) is 0 Å². The number of hydrogen-bond acceptors (Lipinski definition) is 4. The fourth-order valence-corrected chi connectivity index (χ4v) is 3.77. The van der Waals surface area contributed by atoms with Crippen LogP contribution in [-0.4, -0.2) is 37.2 Å². The summed E-state index contributed by atoms with van der Waals surface area (Å²) in [4.78, 5) is 22.1. The molecule has 5 rings (SSSR count). The lowest BCUT2D eigenvalue weighted by Crippen LogP contribution is -2.24. The molecule has 8 heteroatoms. The Morgan fingerprint density at radius 3 is 2.97 bits per heavy atom. The van der Waals surface area contributed by atoms with Crippen molar-refractivity contribution >= 4 is 28.3 Å². The van der Waals surface area contributed by atoms with Gasteiger partial charge in [-0.05, 0) is 30.9 Å². The molecule has 1 aliphatic carbocycles. The van der Waals surface area contributed by atoms with E-state index in [9.17, 15) is 4.79 Å². The van der Waals surface area contributed by atoms with Crippen LogP contribution in [0.25, 0.3) is 16.7 Å². The van der Waals surface area contributed by atoms with Crippen molar-refractivity contribution < 1.29 is 4.74 Å². The van der Waals surface area contributed by atoms with Gasteiger partial charge in [-0.1, -0.05) is 17.5 Å². The van der Waals surface area contributed by atoms with E-state index in [1.807, 2.05) is 21.2 Å². The van der Waals surface area contributed by atoms with Crippen molar-refractivity contribution in [2.45, 2.75) is 25.4 Å². The first-order valence-corrected chi connectivity index (χ1v) is 9.74. The molecule has 0 N–H and O–H groups in total. The molecular formula is C21H18ClN5O2. The van der Waals surface area contributed by atoms with Crippen molar-refractivity contribution in [1.82, 2.24) is 23.5 Å². The first kappa shape index (κ1) is 18.0. The molecule has 146 valence electrons. The van der Waals surface area contributed by atoms with Crippen LogP contribution in [0, 0.1) is 11.8 Å². The number of imidazole rings is 2. The standard InChI is InChI=1S/C21H18ClN5O2/c1-29-10-2-3-17-16(24-20-11-14(22)7-9-25(17)20)13-26-19-12-23-8-6-18(19)27(21(26)28)15-4-5-15/h6-9,11-12,15H,4-5,10,13H2,1H3. The zero-order valence-electron chi connectivity index (χ0n) is 15.8. The zero-order chi connectivity index (χ0) is 20.0. The number of aromatic nitrogens is 5. The van der Waals surface area contributed by atoms with Crippen LogP contribution in [0.5, 0.6) is 0 Å². The van der Waals surface area contributed by atoms with Gasteiger partial charge >= 0.3 is 5.69 Å². The zero-order valence-corrected chi connectivity index (χ0v) is 16.6. The number of hydrogen-bond donors (Lipinski definition) is 0. The lowest BCUT2D eigenvalue weighted by molar-refractivity contribution is 0.240. The molecule has 0 unspecified atom stereocenters. The van der Waals surface area contributed by atoms with E-state index in [0.29, 0.717) is 29.5 Å². The van der Waals surface area contributed by atoms with E-state index in [0.717, 1.165) is 29.6 Å². The van der Waals surface area contributed by atoms with Crippen LogP contribution in [0.2, 0.25) is 5.02 Å². The smallest absolute Gasteiger partial charge is 0.329 e. The topological polar surface area (TPSA) is 66.3 Å². The summed E-state index contributed by atoms with van der Waals surface area (Å²) in [6.07, 6.45) is 7.35. The van der Waals surface area contributed by atoms with E-state index in [1.165, 1.54) is 0 Å². The lowest BCUT2D eigenvalue weighted by atomic mass is 10.3. The molecule has 0 radical (unpaired) electrons. The highest BCUT2D eigenvalue weighted by molar-refractivity contribution is 6.30. The van der Waals surface area contributed by atoms with Crippen LogP contribution >= 0.6 is 11.6 Å². The Kier molecular flexibility index (Phi) is 4.38. The van der Waals surface area contributed by atoms with Gasteiger partial charge in [0.15, 0.2) is 0 Å². The molecule has 0 spiro atoms. The molecule has 4 heterocycles. The molecule has 7 nitrogen and oxygen atoms in total. The molecule has 1 saturated carbocycles. The van der Waals surface area contributed by atoms with Crippen molar-refractivity contribution in [3.05, 3.63) is 63.7 Å². The second-order valence-electron chi connectivity index (χ2n) is 7.05. The number of pyridine rings is 2. The van der Waals surface area contributed by atoms with E-state index in [2.05, 4.69) is 16.8 Å². The van der Waals surface area contributed by atoms with Gasteiger partial charge in [0.05, 0.1) is 29.5 Å². The molecule has 29 heavy (non-hydrogen) atoms.